The van der Waals surface area contributed by atoms with Crippen molar-refractivity contribution in [2.45, 2.75) is 77.0 Å². The Morgan fingerprint density at radius 2 is 0.427 bits per heavy atom. The van der Waals surface area contributed by atoms with Gasteiger partial charge in [0.1, 0.15) is 68.5 Å². The number of aromatic hydroxyl groups is 4. The van der Waals surface area contributed by atoms with Crippen LogP contribution in [0.15, 0.2) is 255 Å². The summed E-state index contributed by atoms with van der Waals surface area (Å²) in [5.41, 5.74) is 2.54. The molecular weight excluding hydrogens is 1260 g/mol. The van der Waals surface area contributed by atoms with Crippen LogP contribution < -0.4 is 141 Å². The Kier molecular flexibility index (Phi) is 30.7. The second-order valence-electron chi connectivity index (χ2n) is 22.1. The summed E-state index contributed by atoms with van der Waals surface area (Å²) in [6.07, 6.45) is 0.503. The monoisotopic (exact) mass is 1320 g/mol. The number of carbonyl (C=O) groups is 4. The Balaban J connectivity index is 0.000000228. The smallest absolute Gasteiger partial charge is 0.507 e. The number of carbonyl (C=O) groups excluding carboxylic acids is 4. The summed E-state index contributed by atoms with van der Waals surface area (Å²) in [5.74, 6) is -2.86. The van der Waals surface area contributed by atoms with Crippen molar-refractivity contribution in [1.29, 1.82) is 0 Å². The molecule has 0 bridgehead atoms. The van der Waals surface area contributed by atoms with Gasteiger partial charge in [0.2, 0.25) is 0 Å². The molecule has 4 heterocycles. The predicted molar refractivity (Wildman–Crippen MR) is 351 cm³/mol. The van der Waals surface area contributed by atoms with Gasteiger partial charge in [0.15, 0.2) is 0 Å². The molecule has 0 radical (unpaired) electrons. The molecule has 4 aromatic heterocycles. The molecule has 8 aromatic carbocycles. The minimum atomic E-state index is -0.615. The maximum absolute atomic E-state index is 12.4. The number of rotatable bonds is 16. The molecule has 4 unspecified atom stereocenters. The average Bonchev–Trinajstić information content (AvgIpc) is 0.803. The molecule has 0 saturated heterocycles. The number of ketones is 4. The van der Waals surface area contributed by atoms with Crippen LogP contribution in [-0.4, -0.2) is 43.6 Å². The third-order valence-corrected chi connectivity index (χ3v) is 15.4. The standard InChI is InChI=1S/4C19H16O4.4Na/c4*1-12(20)11-15(13-7-3-2-4-8-13)17-18(21)14-9-5-6-10-16(14)23-19(17)22;;;;/h4*2-10,15,21H,11H2,1H3;;;;/q;;;;4*+1. The van der Waals surface area contributed by atoms with Crippen molar-refractivity contribution in [2.24, 2.45) is 0 Å². The fourth-order valence-electron chi connectivity index (χ4n) is 11.3. The molecule has 464 valence electrons. The molecule has 0 spiro atoms. The quantitative estimate of drug-likeness (QED) is 0.0800. The molecule has 4 atom stereocenters. The van der Waals surface area contributed by atoms with Gasteiger partial charge in [-0.25, -0.2) is 19.2 Å². The Bertz CT molecular complexity index is 4280. The minimum Gasteiger partial charge on any atom is -0.507 e. The van der Waals surface area contributed by atoms with Gasteiger partial charge >= 0.3 is 141 Å². The molecule has 16 nitrogen and oxygen atoms in total. The average molecular weight is 1330 g/mol. The van der Waals surface area contributed by atoms with E-state index in [1.165, 1.54) is 27.7 Å². The Morgan fingerprint density at radius 1 is 0.271 bits per heavy atom. The van der Waals surface area contributed by atoms with E-state index in [4.69, 9.17) is 17.7 Å². The van der Waals surface area contributed by atoms with Gasteiger partial charge in [0, 0.05) is 49.4 Å². The first-order chi connectivity index (χ1) is 44.3. The number of fused-ring (bicyclic) bond motifs is 4. The molecule has 0 amide bonds. The molecule has 12 rings (SSSR count). The maximum Gasteiger partial charge on any atom is 1.00 e. The van der Waals surface area contributed by atoms with Gasteiger partial charge in [-0.05, 0) is 98.5 Å². The summed E-state index contributed by atoms with van der Waals surface area (Å²) >= 11 is 0. The molecule has 0 aliphatic rings. The SMILES string of the molecule is CC(=O)CC(c1ccccc1)c1c(O)c2ccccc2oc1=O.CC(=O)CC(c1ccccc1)c1c(O)c2ccccc2oc1=O.CC(=O)CC(c1ccccc1)c1c(O)c2ccccc2oc1=O.CC(=O)CC(c1ccccc1)c1c(O)c2ccccc2oc1=O.[Na+].[Na+].[Na+].[Na+]. The van der Waals surface area contributed by atoms with Gasteiger partial charge in [-0.15, -0.1) is 0 Å². The third-order valence-electron chi connectivity index (χ3n) is 15.4. The zero-order valence-corrected chi connectivity index (χ0v) is 62.6. The van der Waals surface area contributed by atoms with Crippen LogP contribution in [0.1, 0.15) is 122 Å². The van der Waals surface area contributed by atoms with Gasteiger partial charge in [-0.3, -0.25) is 19.2 Å². The van der Waals surface area contributed by atoms with E-state index in [0.29, 0.717) is 43.9 Å². The molecule has 0 aliphatic carbocycles. The van der Waals surface area contributed by atoms with Crippen LogP contribution >= 0.6 is 0 Å². The number of para-hydroxylation sites is 4. The number of benzene rings is 8. The number of Topliss-reactive ketones (excluding diaryl/α,β-unsaturated/α-hetero) is 4. The molecular formula is C76H64Na4O16+4. The van der Waals surface area contributed by atoms with Crippen molar-refractivity contribution in [1.82, 2.24) is 0 Å². The van der Waals surface area contributed by atoms with Crippen LogP contribution in [0.3, 0.4) is 0 Å². The third kappa shape index (κ3) is 19.4. The van der Waals surface area contributed by atoms with Crippen molar-refractivity contribution in [2.75, 3.05) is 0 Å². The Hall–Kier alpha value is -7.52. The van der Waals surface area contributed by atoms with Crippen molar-refractivity contribution < 1.29 is 176 Å². The first kappa shape index (κ1) is 79.2. The fourth-order valence-corrected chi connectivity index (χ4v) is 11.3. The van der Waals surface area contributed by atoms with E-state index in [0.717, 1.165) is 22.3 Å². The van der Waals surface area contributed by atoms with Gasteiger partial charge in [-0.2, -0.15) is 0 Å². The largest absolute Gasteiger partial charge is 1.00 e. The van der Waals surface area contributed by atoms with Crippen LogP contribution in [0.4, 0.5) is 0 Å². The van der Waals surface area contributed by atoms with E-state index in [2.05, 4.69) is 0 Å². The van der Waals surface area contributed by atoms with Gasteiger partial charge in [0.25, 0.3) is 0 Å². The predicted octanol–water partition coefficient (Wildman–Crippen LogP) is 2.45. The summed E-state index contributed by atoms with van der Waals surface area (Å²) in [4.78, 5) is 96.3. The normalized spacial score (nSPS) is 11.7. The van der Waals surface area contributed by atoms with Gasteiger partial charge in [0.05, 0.1) is 43.8 Å². The molecule has 20 heteroatoms. The van der Waals surface area contributed by atoms with Crippen LogP contribution in [0.2, 0.25) is 0 Å². The van der Waals surface area contributed by atoms with E-state index in [1.54, 1.807) is 97.1 Å². The summed E-state index contributed by atoms with van der Waals surface area (Å²) in [5, 5.41) is 44.3. The number of hydrogen-bond acceptors (Lipinski definition) is 16. The molecule has 4 N–H and O–H groups in total. The summed E-state index contributed by atoms with van der Waals surface area (Å²) in [7, 11) is 0. The summed E-state index contributed by atoms with van der Waals surface area (Å²) in [6.45, 7) is 5.87. The van der Waals surface area contributed by atoms with Crippen LogP contribution in [0.25, 0.3) is 43.9 Å². The zero-order chi connectivity index (χ0) is 65.6. The summed E-state index contributed by atoms with van der Waals surface area (Å²) in [6, 6.07) is 64.0. The second kappa shape index (κ2) is 37.3. The van der Waals surface area contributed by atoms with Crippen LogP contribution in [-0.2, 0) is 19.2 Å². The number of hydrogen-bond donors (Lipinski definition) is 4. The van der Waals surface area contributed by atoms with Crippen molar-refractivity contribution in [3.63, 3.8) is 0 Å². The van der Waals surface area contributed by atoms with E-state index < -0.39 is 46.2 Å². The Morgan fingerprint density at radius 3 is 0.594 bits per heavy atom. The molecule has 96 heavy (non-hydrogen) atoms. The van der Waals surface area contributed by atoms with E-state index in [9.17, 15) is 58.8 Å². The molecule has 12 aromatic rings. The summed E-state index contributed by atoms with van der Waals surface area (Å²) < 4.78 is 21.3. The van der Waals surface area contributed by atoms with Crippen LogP contribution in [0.5, 0.6) is 23.0 Å². The minimum absolute atomic E-state index is 0. The van der Waals surface area contributed by atoms with E-state index in [1.807, 2.05) is 121 Å². The van der Waals surface area contributed by atoms with Crippen molar-refractivity contribution >= 4 is 67.0 Å². The molecule has 0 saturated carbocycles. The Labute approximate surface area is 640 Å². The fraction of sp³-hybridized carbons (Fsp3) is 0.158. The van der Waals surface area contributed by atoms with Gasteiger partial charge in [-0.1, -0.05) is 170 Å². The zero-order valence-electron chi connectivity index (χ0n) is 54.6. The topological polar surface area (TPSA) is 270 Å². The maximum atomic E-state index is 12.4. The van der Waals surface area contributed by atoms with E-state index >= 15 is 0 Å². The van der Waals surface area contributed by atoms with E-state index in [-0.39, 0.29) is 212 Å². The molecule has 0 aliphatic heterocycles. The first-order valence-electron chi connectivity index (χ1n) is 29.5. The van der Waals surface area contributed by atoms with Crippen molar-refractivity contribution in [3.8, 4) is 23.0 Å². The van der Waals surface area contributed by atoms with Crippen molar-refractivity contribution in [3.05, 3.63) is 305 Å². The second-order valence-corrected chi connectivity index (χ2v) is 22.1. The first-order valence-corrected chi connectivity index (χ1v) is 29.5. The van der Waals surface area contributed by atoms with Crippen LogP contribution in [0, 0.1) is 0 Å². The van der Waals surface area contributed by atoms with Gasteiger partial charge < -0.3 is 38.1 Å². The molecule has 0 fully saturated rings.